The highest BCUT2D eigenvalue weighted by atomic mass is 16.3. The lowest BCUT2D eigenvalue weighted by atomic mass is 9.95. The summed E-state index contributed by atoms with van der Waals surface area (Å²) in [6.45, 7) is 2.20. The second kappa shape index (κ2) is 7.06. The molecule has 0 fully saturated rings. The summed E-state index contributed by atoms with van der Waals surface area (Å²) in [5.41, 5.74) is 4.00. The summed E-state index contributed by atoms with van der Waals surface area (Å²) in [6.07, 6.45) is 5.68. The zero-order valence-corrected chi connectivity index (χ0v) is 15.2. The second-order valence-corrected chi connectivity index (χ2v) is 7.34. The predicted octanol–water partition coefficient (Wildman–Crippen LogP) is 3.26. The predicted molar refractivity (Wildman–Crippen MR) is 102 cm³/mol. The van der Waals surface area contributed by atoms with Gasteiger partial charge in [0.25, 0.3) is 0 Å². The molecule has 1 N–H and O–H groups in total. The molecule has 1 atom stereocenters. The molecule has 2 aromatic carbocycles. The lowest BCUT2D eigenvalue weighted by Crippen LogP contribution is -2.39. The molecule has 1 aliphatic carbocycles. The van der Waals surface area contributed by atoms with Gasteiger partial charge in [0.2, 0.25) is 0 Å². The highest BCUT2D eigenvalue weighted by molar-refractivity contribution is 5.37. The Morgan fingerprint density at radius 3 is 2.54 bits per heavy atom. The topological polar surface area (TPSA) is 41.3 Å². The SMILES string of the molecule is Cn1cc(CN(Cc2ccccc2)CC2(O)CCc3ccccc32)cn1. The normalized spacial score (nSPS) is 19.0. The molecule has 1 aromatic heterocycles. The van der Waals surface area contributed by atoms with Crippen molar-refractivity contribution in [3.8, 4) is 0 Å². The highest BCUT2D eigenvalue weighted by Gasteiger charge is 2.37. The first-order valence-electron chi connectivity index (χ1n) is 9.17. The van der Waals surface area contributed by atoms with Gasteiger partial charge in [-0.15, -0.1) is 0 Å². The Morgan fingerprint density at radius 2 is 1.77 bits per heavy atom. The third kappa shape index (κ3) is 3.57. The number of fused-ring (bicyclic) bond motifs is 1. The molecule has 26 heavy (non-hydrogen) atoms. The molecule has 4 nitrogen and oxygen atoms in total. The van der Waals surface area contributed by atoms with Crippen LogP contribution in [-0.2, 0) is 32.2 Å². The average Bonchev–Trinajstić information content (AvgIpc) is 3.20. The minimum Gasteiger partial charge on any atom is -0.384 e. The Hall–Kier alpha value is -2.43. The van der Waals surface area contributed by atoms with E-state index in [0.717, 1.165) is 31.5 Å². The number of benzene rings is 2. The maximum absolute atomic E-state index is 11.4. The fourth-order valence-electron chi connectivity index (χ4n) is 4.02. The summed E-state index contributed by atoms with van der Waals surface area (Å²) in [4.78, 5) is 2.33. The van der Waals surface area contributed by atoms with Crippen LogP contribution in [0.25, 0.3) is 0 Å². The van der Waals surface area contributed by atoms with Crippen molar-refractivity contribution in [3.05, 3.63) is 89.2 Å². The number of aromatic nitrogens is 2. The van der Waals surface area contributed by atoms with Crippen molar-refractivity contribution in [1.82, 2.24) is 14.7 Å². The monoisotopic (exact) mass is 347 g/mol. The zero-order chi connectivity index (χ0) is 18.0. The Balaban J connectivity index is 1.58. The zero-order valence-electron chi connectivity index (χ0n) is 15.2. The molecule has 0 aliphatic heterocycles. The number of aryl methyl sites for hydroxylation is 2. The fourth-order valence-corrected chi connectivity index (χ4v) is 4.02. The van der Waals surface area contributed by atoms with Gasteiger partial charge >= 0.3 is 0 Å². The number of aliphatic hydroxyl groups is 1. The van der Waals surface area contributed by atoms with E-state index in [2.05, 4.69) is 52.5 Å². The van der Waals surface area contributed by atoms with E-state index in [4.69, 9.17) is 0 Å². The summed E-state index contributed by atoms with van der Waals surface area (Å²) in [5.74, 6) is 0. The Bertz CT molecular complexity index is 874. The van der Waals surface area contributed by atoms with Crippen molar-refractivity contribution in [2.75, 3.05) is 6.54 Å². The van der Waals surface area contributed by atoms with Crippen molar-refractivity contribution in [3.63, 3.8) is 0 Å². The molecule has 4 heteroatoms. The van der Waals surface area contributed by atoms with Crippen LogP contribution in [0.3, 0.4) is 0 Å². The number of hydrogen-bond acceptors (Lipinski definition) is 3. The van der Waals surface area contributed by atoms with E-state index in [9.17, 15) is 5.11 Å². The maximum Gasteiger partial charge on any atom is 0.103 e. The summed E-state index contributed by atoms with van der Waals surface area (Å²) in [7, 11) is 1.94. The van der Waals surface area contributed by atoms with Gasteiger partial charge in [-0.25, -0.2) is 0 Å². The molecule has 0 saturated carbocycles. The van der Waals surface area contributed by atoms with Gasteiger partial charge in [0.15, 0.2) is 0 Å². The lowest BCUT2D eigenvalue weighted by molar-refractivity contribution is -0.00429. The smallest absolute Gasteiger partial charge is 0.103 e. The molecule has 0 radical (unpaired) electrons. The second-order valence-electron chi connectivity index (χ2n) is 7.34. The van der Waals surface area contributed by atoms with E-state index in [1.807, 2.05) is 36.3 Å². The van der Waals surface area contributed by atoms with Crippen molar-refractivity contribution in [2.24, 2.45) is 7.05 Å². The van der Waals surface area contributed by atoms with Gasteiger partial charge in [-0.2, -0.15) is 5.10 Å². The first-order chi connectivity index (χ1) is 12.6. The van der Waals surface area contributed by atoms with Gasteiger partial charge in [-0.3, -0.25) is 9.58 Å². The molecular formula is C22H25N3O. The van der Waals surface area contributed by atoms with E-state index in [0.29, 0.717) is 6.54 Å². The standard InChI is InChI=1S/C22H25N3O/c1-24-14-19(13-23-24)16-25(15-18-7-3-2-4-8-18)17-22(26)12-11-20-9-5-6-10-21(20)22/h2-10,13-14,26H,11-12,15-17H2,1H3. The summed E-state index contributed by atoms with van der Waals surface area (Å²) in [6, 6.07) is 18.7. The fraction of sp³-hybridized carbons (Fsp3) is 0.318. The third-order valence-corrected chi connectivity index (χ3v) is 5.23. The van der Waals surface area contributed by atoms with Crippen LogP contribution in [0, 0.1) is 0 Å². The molecule has 134 valence electrons. The Morgan fingerprint density at radius 1 is 1.04 bits per heavy atom. The van der Waals surface area contributed by atoms with Crippen LogP contribution < -0.4 is 0 Å². The summed E-state index contributed by atoms with van der Waals surface area (Å²) < 4.78 is 1.83. The van der Waals surface area contributed by atoms with Gasteiger partial charge in [0, 0.05) is 38.4 Å². The van der Waals surface area contributed by atoms with E-state index in [1.54, 1.807) is 0 Å². The molecule has 1 aliphatic rings. The van der Waals surface area contributed by atoms with Gasteiger partial charge < -0.3 is 5.11 Å². The minimum absolute atomic E-state index is 0.619. The third-order valence-electron chi connectivity index (χ3n) is 5.23. The van der Waals surface area contributed by atoms with Crippen LogP contribution in [0.4, 0.5) is 0 Å². The molecule has 1 heterocycles. The van der Waals surface area contributed by atoms with E-state index >= 15 is 0 Å². The van der Waals surface area contributed by atoms with Crippen molar-refractivity contribution < 1.29 is 5.11 Å². The minimum atomic E-state index is -0.784. The van der Waals surface area contributed by atoms with Gasteiger partial charge in [0.05, 0.1) is 6.20 Å². The van der Waals surface area contributed by atoms with Crippen LogP contribution in [0.2, 0.25) is 0 Å². The van der Waals surface area contributed by atoms with Crippen LogP contribution in [0.1, 0.15) is 28.7 Å². The number of nitrogens with zero attached hydrogens (tertiary/aromatic N) is 3. The Labute approximate surface area is 154 Å². The first-order valence-corrected chi connectivity index (χ1v) is 9.17. The summed E-state index contributed by atoms with van der Waals surface area (Å²) >= 11 is 0. The van der Waals surface area contributed by atoms with Crippen molar-refractivity contribution in [1.29, 1.82) is 0 Å². The van der Waals surface area contributed by atoms with Crippen LogP contribution in [-0.4, -0.2) is 26.3 Å². The number of rotatable bonds is 6. The van der Waals surface area contributed by atoms with Crippen molar-refractivity contribution in [2.45, 2.75) is 31.5 Å². The molecule has 1 unspecified atom stereocenters. The molecule has 3 aromatic rings. The van der Waals surface area contributed by atoms with Gasteiger partial charge in [0.1, 0.15) is 5.60 Å². The highest BCUT2D eigenvalue weighted by Crippen LogP contribution is 2.37. The van der Waals surface area contributed by atoms with Crippen LogP contribution in [0.15, 0.2) is 67.0 Å². The molecule has 4 rings (SSSR count). The van der Waals surface area contributed by atoms with Crippen LogP contribution in [0.5, 0.6) is 0 Å². The quantitative estimate of drug-likeness (QED) is 0.744. The molecule has 0 bridgehead atoms. The van der Waals surface area contributed by atoms with E-state index in [-0.39, 0.29) is 0 Å². The Kier molecular flexibility index (Phi) is 4.62. The summed E-state index contributed by atoms with van der Waals surface area (Å²) in [5, 5.41) is 15.7. The largest absolute Gasteiger partial charge is 0.384 e. The first kappa shape index (κ1) is 17.0. The number of hydrogen-bond donors (Lipinski definition) is 1. The molecular weight excluding hydrogens is 322 g/mol. The lowest BCUT2D eigenvalue weighted by Gasteiger charge is -2.32. The molecule has 0 saturated heterocycles. The maximum atomic E-state index is 11.4. The van der Waals surface area contributed by atoms with Crippen LogP contribution >= 0.6 is 0 Å². The van der Waals surface area contributed by atoms with Crippen molar-refractivity contribution >= 4 is 0 Å². The molecule has 0 amide bonds. The average molecular weight is 347 g/mol. The molecule has 0 spiro atoms. The van der Waals surface area contributed by atoms with Gasteiger partial charge in [-0.05, 0) is 29.5 Å². The van der Waals surface area contributed by atoms with E-state index in [1.165, 1.54) is 16.7 Å². The van der Waals surface area contributed by atoms with Gasteiger partial charge in [-0.1, -0.05) is 54.6 Å². The van der Waals surface area contributed by atoms with E-state index < -0.39 is 5.60 Å².